The summed E-state index contributed by atoms with van der Waals surface area (Å²) in [4.78, 5) is 37.1. The monoisotopic (exact) mass is 448 g/mol. The second-order valence-electron chi connectivity index (χ2n) is 8.38. The van der Waals surface area contributed by atoms with Gasteiger partial charge in [0.05, 0.1) is 12.7 Å². The van der Waals surface area contributed by atoms with E-state index < -0.39 is 42.0 Å². The van der Waals surface area contributed by atoms with E-state index in [9.17, 15) is 14.5 Å². The van der Waals surface area contributed by atoms with Crippen molar-refractivity contribution in [2.24, 2.45) is 5.92 Å². The highest BCUT2D eigenvalue weighted by molar-refractivity contribution is 8.07. The lowest BCUT2D eigenvalue weighted by Crippen LogP contribution is -2.51. The van der Waals surface area contributed by atoms with Crippen LogP contribution in [0, 0.1) is 12.8 Å². The van der Waals surface area contributed by atoms with Gasteiger partial charge in [-0.2, -0.15) is 0 Å². The van der Waals surface area contributed by atoms with Crippen LogP contribution in [0.1, 0.15) is 52.3 Å². The Balaban J connectivity index is 2.03. The molecule has 3 unspecified atom stereocenters. The summed E-state index contributed by atoms with van der Waals surface area (Å²) in [6.07, 6.45) is 0.0797. The number of aromatic nitrogens is 2. The number of nitrogens with zero attached hydrogens (tertiary/aromatic N) is 1. The summed E-state index contributed by atoms with van der Waals surface area (Å²) < 4.78 is 25.0. The third-order valence-electron chi connectivity index (χ3n) is 5.05. The minimum absolute atomic E-state index is 0.259. The Bertz CT molecular complexity index is 914. The highest BCUT2D eigenvalue weighted by atomic mass is 32.5. The van der Waals surface area contributed by atoms with Gasteiger partial charge in [-0.25, -0.2) is 4.79 Å². The maximum atomic E-state index is 12.5. The van der Waals surface area contributed by atoms with E-state index in [0.717, 1.165) is 0 Å². The second-order valence-corrected chi connectivity index (χ2v) is 11.1. The minimum atomic E-state index is -3.56. The van der Waals surface area contributed by atoms with Crippen LogP contribution in [0.2, 0.25) is 0 Å². The average Bonchev–Trinajstić information content (AvgIpc) is 2.72. The summed E-state index contributed by atoms with van der Waals surface area (Å²) in [5.41, 5.74) is -1.46. The first-order valence-electron chi connectivity index (χ1n) is 9.75. The predicted molar refractivity (Wildman–Crippen MR) is 110 cm³/mol. The van der Waals surface area contributed by atoms with E-state index >= 15 is 0 Å². The molecule has 2 aliphatic heterocycles. The second kappa shape index (κ2) is 8.34. The quantitative estimate of drug-likeness (QED) is 0.609. The number of H-pyrrole nitrogens is 1. The first-order chi connectivity index (χ1) is 13.4. The summed E-state index contributed by atoms with van der Waals surface area (Å²) >= 11 is 5.21. The van der Waals surface area contributed by atoms with Crippen molar-refractivity contribution in [1.82, 2.24) is 9.55 Å². The lowest BCUT2D eigenvalue weighted by Gasteiger charge is -2.40. The molecule has 0 aliphatic carbocycles. The smallest absolute Gasteiger partial charge is 0.330 e. The molecule has 0 aromatic carbocycles. The number of aromatic amines is 1. The van der Waals surface area contributed by atoms with Gasteiger partial charge >= 0.3 is 12.4 Å². The fourth-order valence-corrected chi connectivity index (χ4v) is 6.08. The maximum Gasteiger partial charge on any atom is 0.330 e. The molecule has 2 saturated heterocycles. The van der Waals surface area contributed by atoms with Crippen molar-refractivity contribution in [3.05, 3.63) is 32.6 Å². The highest BCUT2D eigenvalue weighted by Gasteiger charge is 2.61. The molecule has 3 rings (SSSR count). The summed E-state index contributed by atoms with van der Waals surface area (Å²) in [6, 6.07) is 0. The Morgan fingerprint density at radius 3 is 2.72 bits per heavy atom. The molecule has 2 aliphatic rings. The molecule has 3 heterocycles. The number of ether oxygens (including phenoxy) is 2. The molecule has 11 heteroatoms. The van der Waals surface area contributed by atoms with Gasteiger partial charge in [0, 0.05) is 18.2 Å². The Labute approximate surface area is 174 Å². The van der Waals surface area contributed by atoms with Crippen LogP contribution >= 0.6 is 6.72 Å². The standard InChI is InChI=1S/C18H29N2O7PS/c1-10(2)8-18-6-7-24-13(14(18)27-28(23,29)26-11(3)4)16(25-18)20-9-12(5)15(21)19-17(20)22/h9-11,13-14,16H,6-8H2,1-5H3,(H,23,29)(H,19,21,22)/t13?,14?,16-,18-,28?/m1/s1. The van der Waals surface area contributed by atoms with Crippen LogP contribution < -0.4 is 11.2 Å². The van der Waals surface area contributed by atoms with E-state index in [0.29, 0.717) is 25.0 Å². The van der Waals surface area contributed by atoms with Crippen LogP contribution in [-0.4, -0.2) is 45.0 Å². The zero-order valence-electron chi connectivity index (χ0n) is 17.3. The van der Waals surface area contributed by atoms with Crippen LogP contribution in [0.15, 0.2) is 15.8 Å². The Hall–Kier alpha value is -0.870. The molecule has 29 heavy (non-hydrogen) atoms. The molecular formula is C18H29N2O7PS. The van der Waals surface area contributed by atoms with Crippen molar-refractivity contribution < 1.29 is 23.4 Å². The molecule has 5 atom stereocenters. The van der Waals surface area contributed by atoms with E-state index in [2.05, 4.69) is 18.8 Å². The molecule has 0 saturated carbocycles. The zero-order chi connectivity index (χ0) is 21.6. The molecule has 1 aromatic heterocycles. The number of hydrogen-bond acceptors (Lipinski definition) is 7. The zero-order valence-corrected chi connectivity index (χ0v) is 19.0. The summed E-state index contributed by atoms with van der Waals surface area (Å²) in [5, 5.41) is 0. The summed E-state index contributed by atoms with van der Waals surface area (Å²) in [5.74, 6) is 0.259. The number of aryl methyl sites for hydroxylation is 1. The van der Waals surface area contributed by atoms with Gasteiger partial charge in [0.25, 0.3) is 5.56 Å². The predicted octanol–water partition coefficient (Wildman–Crippen LogP) is 1.97. The van der Waals surface area contributed by atoms with Gasteiger partial charge in [0.2, 0.25) is 0 Å². The van der Waals surface area contributed by atoms with E-state index in [1.807, 2.05) is 0 Å². The third kappa shape index (κ3) is 4.74. The Morgan fingerprint density at radius 2 is 2.10 bits per heavy atom. The van der Waals surface area contributed by atoms with Crippen molar-refractivity contribution in [1.29, 1.82) is 0 Å². The van der Waals surface area contributed by atoms with Gasteiger partial charge in [-0.3, -0.25) is 18.9 Å². The van der Waals surface area contributed by atoms with E-state index in [1.54, 1.807) is 20.8 Å². The molecule has 0 radical (unpaired) electrons. The lowest BCUT2D eigenvalue weighted by atomic mass is 9.82. The van der Waals surface area contributed by atoms with E-state index in [4.69, 9.17) is 30.3 Å². The van der Waals surface area contributed by atoms with E-state index in [-0.39, 0.29) is 12.0 Å². The summed E-state index contributed by atoms with van der Waals surface area (Å²) in [6.45, 7) is 6.12. The first kappa shape index (κ1) is 22.8. The van der Waals surface area contributed by atoms with Crippen molar-refractivity contribution in [3.8, 4) is 0 Å². The van der Waals surface area contributed by atoms with Crippen LogP contribution in [-0.2, 0) is 30.3 Å². The van der Waals surface area contributed by atoms with Crippen molar-refractivity contribution in [2.45, 2.75) is 77.6 Å². The normalized spacial score (nSPS) is 31.4. The van der Waals surface area contributed by atoms with Gasteiger partial charge in [-0.1, -0.05) is 13.8 Å². The van der Waals surface area contributed by atoms with Gasteiger partial charge in [0.1, 0.15) is 17.8 Å². The lowest BCUT2D eigenvalue weighted by molar-refractivity contribution is -0.126. The topological polar surface area (TPSA) is 112 Å². The minimum Gasteiger partial charge on any atom is -0.371 e. The van der Waals surface area contributed by atoms with Gasteiger partial charge in [-0.15, -0.1) is 0 Å². The highest BCUT2D eigenvalue weighted by Crippen LogP contribution is 2.56. The molecule has 2 bridgehead atoms. The summed E-state index contributed by atoms with van der Waals surface area (Å²) in [7, 11) is 0. The SMILES string of the molecule is Cc1cn([C@@H]2O[C@@]3(CC(C)C)CCOC2C3OP(O)(=S)OC(C)C)c(=O)[nH]c1=O. The Morgan fingerprint density at radius 1 is 1.41 bits per heavy atom. The number of hydrogen-bond donors (Lipinski definition) is 2. The van der Waals surface area contributed by atoms with Crippen LogP contribution in [0.3, 0.4) is 0 Å². The fourth-order valence-electron chi connectivity index (χ4n) is 4.10. The van der Waals surface area contributed by atoms with E-state index in [1.165, 1.54) is 10.8 Å². The maximum absolute atomic E-state index is 12.5. The van der Waals surface area contributed by atoms with Crippen LogP contribution in [0.4, 0.5) is 0 Å². The molecule has 0 amide bonds. The number of nitrogens with one attached hydrogen (secondary N) is 1. The molecule has 2 fully saturated rings. The first-order valence-corrected chi connectivity index (χ1v) is 12.3. The van der Waals surface area contributed by atoms with Crippen molar-refractivity contribution >= 4 is 18.5 Å². The molecular weight excluding hydrogens is 419 g/mol. The molecule has 164 valence electrons. The fraction of sp³-hybridized carbons (Fsp3) is 0.778. The largest absolute Gasteiger partial charge is 0.371 e. The number of rotatable bonds is 7. The van der Waals surface area contributed by atoms with Crippen LogP contribution in [0.25, 0.3) is 0 Å². The molecule has 2 N–H and O–H groups in total. The number of fused-ring (bicyclic) bond motifs is 2. The van der Waals surface area contributed by atoms with Crippen molar-refractivity contribution in [2.75, 3.05) is 6.61 Å². The van der Waals surface area contributed by atoms with Gasteiger partial charge in [-0.05, 0) is 44.9 Å². The Kier molecular flexibility index (Phi) is 6.56. The third-order valence-corrected chi connectivity index (χ3v) is 6.75. The molecule has 1 aromatic rings. The average molecular weight is 448 g/mol. The van der Waals surface area contributed by atoms with Gasteiger partial charge in [0.15, 0.2) is 6.23 Å². The van der Waals surface area contributed by atoms with Crippen molar-refractivity contribution in [3.63, 3.8) is 0 Å². The molecule has 0 spiro atoms. The molecule has 9 nitrogen and oxygen atoms in total. The van der Waals surface area contributed by atoms with Gasteiger partial charge < -0.3 is 18.9 Å². The van der Waals surface area contributed by atoms with Crippen LogP contribution in [0.5, 0.6) is 0 Å².